The Morgan fingerprint density at radius 2 is 1.86 bits per heavy atom. The van der Waals surface area contributed by atoms with Gasteiger partial charge in [-0.05, 0) is 26.7 Å². The van der Waals surface area contributed by atoms with Crippen molar-refractivity contribution in [1.82, 2.24) is 0 Å². The highest BCUT2D eigenvalue weighted by atomic mass is 16.5. The van der Waals surface area contributed by atoms with Crippen LogP contribution in [0.3, 0.4) is 0 Å². The largest absolute Gasteiger partial charge is 0.459 e. The zero-order valence-electron chi connectivity index (χ0n) is 10.0. The van der Waals surface area contributed by atoms with Crippen molar-refractivity contribution in [2.24, 2.45) is 5.41 Å². The van der Waals surface area contributed by atoms with Crippen LogP contribution in [0.2, 0.25) is 0 Å². The first-order valence-electron chi connectivity index (χ1n) is 5.23. The summed E-state index contributed by atoms with van der Waals surface area (Å²) < 4.78 is 5.32. The molecular weight excluding hydrogens is 176 g/mol. The van der Waals surface area contributed by atoms with E-state index in [0.29, 0.717) is 5.57 Å². The Labute approximate surface area is 87.3 Å². The van der Waals surface area contributed by atoms with E-state index >= 15 is 0 Å². The van der Waals surface area contributed by atoms with E-state index in [9.17, 15) is 4.79 Å². The summed E-state index contributed by atoms with van der Waals surface area (Å²) in [6, 6.07) is 0. The molecule has 0 aliphatic heterocycles. The number of hydrogen-bond acceptors (Lipinski definition) is 2. The first kappa shape index (κ1) is 13.2. The van der Waals surface area contributed by atoms with Crippen LogP contribution in [-0.2, 0) is 9.53 Å². The molecule has 0 aromatic heterocycles. The summed E-state index contributed by atoms with van der Waals surface area (Å²) in [5, 5.41) is 0. The van der Waals surface area contributed by atoms with E-state index in [2.05, 4.69) is 27.4 Å². The number of ether oxygens (including phenoxy) is 1. The molecule has 2 heteroatoms. The smallest absolute Gasteiger partial charge is 0.333 e. The molecular formula is C12H22O2. The van der Waals surface area contributed by atoms with Gasteiger partial charge in [0.05, 0.1) is 0 Å². The minimum atomic E-state index is -0.286. The molecule has 0 N–H and O–H groups in total. The zero-order valence-corrected chi connectivity index (χ0v) is 10.0. The summed E-state index contributed by atoms with van der Waals surface area (Å²) in [5.41, 5.74) is 0.539. The Bertz CT molecular complexity index is 214. The van der Waals surface area contributed by atoms with Crippen molar-refractivity contribution < 1.29 is 9.53 Å². The fourth-order valence-corrected chi connectivity index (χ4v) is 1.23. The van der Waals surface area contributed by atoms with E-state index < -0.39 is 0 Å². The summed E-state index contributed by atoms with van der Waals surface area (Å²) in [7, 11) is 0. The van der Waals surface area contributed by atoms with Crippen molar-refractivity contribution in [3.05, 3.63) is 12.2 Å². The van der Waals surface area contributed by atoms with Crippen LogP contribution in [0.15, 0.2) is 12.2 Å². The average molecular weight is 198 g/mol. The van der Waals surface area contributed by atoms with Crippen molar-refractivity contribution >= 4 is 5.97 Å². The van der Waals surface area contributed by atoms with Crippen LogP contribution < -0.4 is 0 Å². The van der Waals surface area contributed by atoms with Crippen LogP contribution in [0.4, 0.5) is 0 Å². The lowest BCUT2D eigenvalue weighted by atomic mass is 9.80. The summed E-state index contributed by atoms with van der Waals surface area (Å²) in [6.45, 7) is 13.6. The van der Waals surface area contributed by atoms with E-state index in [1.165, 1.54) is 0 Å². The summed E-state index contributed by atoms with van der Waals surface area (Å²) in [6.07, 6.45) is 1.96. The molecule has 82 valence electrons. The van der Waals surface area contributed by atoms with Gasteiger partial charge in [-0.3, -0.25) is 0 Å². The number of esters is 1. The summed E-state index contributed by atoms with van der Waals surface area (Å²) >= 11 is 0. The first-order chi connectivity index (χ1) is 6.37. The van der Waals surface area contributed by atoms with Gasteiger partial charge in [-0.25, -0.2) is 4.79 Å². The number of carbonyl (C=O) groups is 1. The molecule has 0 spiro atoms. The number of rotatable bonds is 5. The van der Waals surface area contributed by atoms with Gasteiger partial charge in [-0.1, -0.05) is 27.4 Å². The number of hydrogen-bond donors (Lipinski definition) is 0. The topological polar surface area (TPSA) is 26.3 Å². The van der Waals surface area contributed by atoms with Crippen molar-refractivity contribution in [2.75, 3.05) is 0 Å². The van der Waals surface area contributed by atoms with E-state index in [-0.39, 0.29) is 17.5 Å². The second-order valence-corrected chi connectivity index (χ2v) is 4.19. The first-order valence-corrected chi connectivity index (χ1v) is 5.23. The molecule has 0 radical (unpaired) electrons. The molecule has 0 saturated carbocycles. The third-order valence-corrected chi connectivity index (χ3v) is 3.23. The van der Waals surface area contributed by atoms with E-state index in [4.69, 9.17) is 4.74 Å². The summed E-state index contributed by atoms with van der Waals surface area (Å²) in [4.78, 5) is 11.3. The third kappa shape index (κ3) is 3.17. The lowest BCUT2D eigenvalue weighted by molar-refractivity contribution is -0.149. The molecule has 2 nitrogen and oxygen atoms in total. The molecule has 0 aromatic rings. The highest BCUT2D eigenvalue weighted by Crippen LogP contribution is 2.31. The fraction of sp³-hybridized carbons (Fsp3) is 0.750. The highest BCUT2D eigenvalue weighted by molar-refractivity contribution is 5.87. The molecule has 14 heavy (non-hydrogen) atoms. The Kier molecular flexibility index (Phi) is 4.89. The molecule has 1 atom stereocenters. The molecule has 0 fully saturated rings. The van der Waals surface area contributed by atoms with Crippen molar-refractivity contribution in [1.29, 1.82) is 0 Å². The predicted octanol–water partition coefficient (Wildman–Crippen LogP) is 3.32. The van der Waals surface area contributed by atoms with Crippen LogP contribution in [0.5, 0.6) is 0 Å². The maximum absolute atomic E-state index is 11.3. The molecule has 0 aliphatic carbocycles. The second kappa shape index (κ2) is 5.18. The van der Waals surface area contributed by atoms with Crippen LogP contribution in [0, 0.1) is 5.41 Å². The maximum atomic E-state index is 11.3. The zero-order chi connectivity index (χ0) is 11.4. The van der Waals surface area contributed by atoms with Gasteiger partial charge in [0, 0.05) is 11.0 Å². The fourth-order valence-electron chi connectivity index (χ4n) is 1.23. The standard InChI is InChI=1S/C12H22O2/c1-7-12(6,8-2)10(5)14-11(13)9(3)4/h10H,3,7-8H2,1-2,4-6H3. The molecule has 1 unspecified atom stereocenters. The van der Waals surface area contributed by atoms with Gasteiger partial charge >= 0.3 is 5.97 Å². The van der Waals surface area contributed by atoms with Gasteiger partial charge in [0.2, 0.25) is 0 Å². The van der Waals surface area contributed by atoms with Gasteiger partial charge in [0.15, 0.2) is 0 Å². The minimum Gasteiger partial charge on any atom is -0.459 e. The molecule has 0 rings (SSSR count). The van der Waals surface area contributed by atoms with E-state index in [1.54, 1.807) is 6.92 Å². The van der Waals surface area contributed by atoms with Crippen molar-refractivity contribution in [3.8, 4) is 0 Å². The summed E-state index contributed by atoms with van der Waals surface area (Å²) in [5.74, 6) is -0.286. The van der Waals surface area contributed by atoms with Crippen molar-refractivity contribution in [2.45, 2.75) is 53.6 Å². The lowest BCUT2D eigenvalue weighted by Crippen LogP contribution is -2.33. The van der Waals surface area contributed by atoms with E-state index in [0.717, 1.165) is 12.8 Å². The maximum Gasteiger partial charge on any atom is 0.333 e. The number of carbonyl (C=O) groups excluding carboxylic acids is 1. The van der Waals surface area contributed by atoms with Crippen LogP contribution in [0.25, 0.3) is 0 Å². The van der Waals surface area contributed by atoms with Gasteiger partial charge < -0.3 is 4.74 Å². The third-order valence-electron chi connectivity index (χ3n) is 3.23. The average Bonchev–Trinajstić information content (AvgIpc) is 2.16. The molecule has 0 saturated heterocycles. The molecule has 0 bridgehead atoms. The lowest BCUT2D eigenvalue weighted by Gasteiger charge is -2.33. The SMILES string of the molecule is C=C(C)C(=O)OC(C)C(C)(CC)CC. The van der Waals surface area contributed by atoms with Gasteiger partial charge in [0.1, 0.15) is 6.10 Å². The Balaban J connectivity index is 4.39. The Hall–Kier alpha value is -0.790. The van der Waals surface area contributed by atoms with Crippen LogP contribution >= 0.6 is 0 Å². The second-order valence-electron chi connectivity index (χ2n) is 4.19. The quantitative estimate of drug-likeness (QED) is 0.500. The normalized spacial score (nSPS) is 13.5. The Morgan fingerprint density at radius 3 is 2.14 bits per heavy atom. The van der Waals surface area contributed by atoms with Gasteiger partial charge in [-0.15, -0.1) is 0 Å². The van der Waals surface area contributed by atoms with E-state index in [1.807, 2.05) is 6.92 Å². The molecule has 0 amide bonds. The predicted molar refractivity (Wildman–Crippen MR) is 59.1 cm³/mol. The molecule has 0 aromatic carbocycles. The van der Waals surface area contributed by atoms with Crippen LogP contribution in [0.1, 0.15) is 47.5 Å². The highest BCUT2D eigenvalue weighted by Gasteiger charge is 2.30. The van der Waals surface area contributed by atoms with Crippen molar-refractivity contribution in [3.63, 3.8) is 0 Å². The van der Waals surface area contributed by atoms with Crippen LogP contribution in [-0.4, -0.2) is 12.1 Å². The molecule has 0 heterocycles. The monoisotopic (exact) mass is 198 g/mol. The van der Waals surface area contributed by atoms with Gasteiger partial charge in [-0.2, -0.15) is 0 Å². The van der Waals surface area contributed by atoms with Gasteiger partial charge in [0.25, 0.3) is 0 Å². The molecule has 0 aliphatic rings. The minimum absolute atomic E-state index is 0.0540. The Morgan fingerprint density at radius 1 is 1.43 bits per heavy atom.